The zero-order chi connectivity index (χ0) is 9.97. The van der Waals surface area contributed by atoms with Crippen molar-refractivity contribution in [2.75, 3.05) is 5.75 Å². The monoisotopic (exact) mass is 209 g/mol. The van der Waals surface area contributed by atoms with Crippen LogP contribution in [0.1, 0.15) is 19.0 Å². The molecule has 0 unspecified atom stereocenters. The summed E-state index contributed by atoms with van der Waals surface area (Å²) in [6.07, 6.45) is 2.08. The quantitative estimate of drug-likeness (QED) is 0.786. The Morgan fingerprint density at radius 2 is 2.43 bits per heavy atom. The van der Waals surface area contributed by atoms with Crippen molar-refractivity contribution in [3.8, 4) is 0 Å². The van der Waals surface area contributed by atoms with Crippen LogP contribution in [0, 0.1) is 0 Å². The first-order valence-corrected chi connectivity index (χ1v) is 5.78. The number of nitrogens with two attached hydrogens (primary N) is 1. The van der Waals surface area contributed by atoms with E-state index in [2.05, 4.69) is 24.0 Å². The van der Waals surface area contributed by atoms with Gasteiger partial charge in [0.15, 0.2) is 0 Å². The highest BCUT2D eigenvalue weighted by molar-refractivity contribution is 8.00. The minimum absolute atomic E-state index is 0.170. The van der Waals surface area contributed by atoms with Gasteiger partial charge in [-0.3, -0.25) is 0 Å². The van der Waals surface area contributed by atoms with Crippen molar-refractivity contribution in [3.63, 3.8) is 0 Å². The zero-order valence-corrected chi connectivity index (χ0v) is 8.93. The largest absolute Gasteiger partial charge is 0.327 e. The van der Waals surface area contributed by atoms with Crippen LogP contribution in [0.25, 0.3) is 0 Å². The van der Waals surface area contributed by atoms with Gasteiger partial charge in [0.1, 0.15) is 5.75 Å². The zero-order valence-electron chi connectivity index (χ0n) is 8.12. The van der Waals surface area contributed by atoms with Gasteiger partial charge in [0.05, 0.1) is 4.90 Å². The maximum absolute atomic E-state index is 11.2. The van der Waals surface area contributed by atoms with E-state index in [1.54, 1.807) is 17.1 Å². The molecule has 1 amide bonds. The minimum Gasteiger partial charge on any atom is -0.233 e. The molecule has 0 fully saturated rings. The number of amides is 1. The molecule has 0 saturated carbocycles. The van der Waals surface area contributed by atoms with Gasteiger partial charge < -0.3 is 0 Å². The van der Waals surface area contributed by atoms with Crippen LogP contribution >= 0.6 is 11.8 Å². The molecule has 1 aromatic rings. The second-order valence-electron chi connectivity index (χ2n) is 3.34. The van der Waals surface area contributed by atoms with Crippen LogP contribution in [0.3, 0.4) is 0 Å². The van der Waals surface area contributed by atoms with Crippen molar-refractivity contribution in [2.45, 2.75) is 24.7 Å². The number of aromatic nitrogens is 1. The Hall–Kier alpha value is -0.870. The third kappa shape index (κ3) is 1.96. The Morgan fingerprint density at radius 3 is 3.21 bits per heavy atom. The summed E-state index contributed by atoms with van der Waals surface area (Å²) >= 11 is 1.58. The topological polar surface area (TPSA) is 46.6 Å². The highest BCUT2D eigenvalue weighted by atomic mass is 32.2. The first-order valence-electron chi connectivity index (χ1n) is 4.80. The maximum Gasteiger partial charge on any atom is 0.327 e. The Labute approximate surface area is 87.3 Å². The van der Waals surface area contributed by atoms with E-state index in [0.29, 0.717) is 5.75 Å². The normalized spacial score (nSPS) is 15.4. The fourth-order valence-corrected chi connectivity index (χ4v) is 2.27. The average molecular weight is 209 g/mol. The molecule has 1 aliphatic rings. The van der Waals surface area contributed by atoms with E-state index in [9.17, 15) is 4.79 Å². The SMILES string of the molecule is CCCc1ccc2c(n1)[NH2+]C(=O)CS2. The van der Waals surface area contributed by atoms with Gasteiger partial charge in [-0.2, -0.15) is 0 Å². The molecule has 0 aliphatic carbocycles. The molecule has 3 nitrogen and oxygen atoms in total. The molecule has 0 aromatic carbocycles. The van der Waals surface area contributed by atoms with Crippen molar-refractivity contribution >= 4 is 23.5 Å². The molecule has 74 valence electrons. The van der Waals surface area contributed by atoms with E-state index in [1.165, 1.54) is 0 Å². The summed E-state index contributed by atoms with van der Waals surface area (Å²) in [5, 5.41) is 1.66. The van der Waals surface area contributed by atoms with Crippen LogP contribution in [0.2, 0.25) is 0 Å². The Balaban J connectivity index is 2.28. The molecule has 0 spiro atoms. The summed E-state index contributed by atoms with van der Waals surface area (Å²) in [5.41, 5.74) is 1.08. The Kier molecular flexibility index (Phi) is 2.84. The summed E-state index contributed by atoms with van der Waals surface area (Å²) in [6.45, 7) is 2.13. The van der Waals surface area contributed by atoms with Gasteiger partial charge in [-0.15, -0.1) is 11.8 Å². The number of aryl methyl sites for hydroxylation is 1. The number of rotatable bonds is 2. The predicted molar refractivity (Wildman–Crippen MR) is 55.5 cm³/mol. The van der Waals surface area contributed by atoms with Crippen LogP contribution in [0.15, 0.2) is 17.0 Å². The van der Waals surface area contributed by atoms with E-state index in [4.69, 9.17) is 0 Å². The number of fused-ring (bicyclic) bond motifs is 1. The fraction of sp³-hybridized carbons (Fsp3) is 0.400. The van der Waals surface area contributed by atoms with Crippen LogP contribution in [0.4, 0.5) is 5.82 Å². The van der Waals surface area contributed by atoms with Gasteiger partial charge in [0.25, 0.3) is 0 Å². The van der Waals surface area contributed by atoms with Gasteiger partial charge in [-0.25, -0.2) is 15.1 Å². The van der Waals surface area contributed by atoms with E-state index < -0.39 is 0 Å². The van der Waals surface area contributed by atoms with Crippen LogP contribution in [-0.4, -0.2) is 16.6 Å². The standard InChI is InChI=1S/C10H12N2OS/c1-2-3-7-4-5-8-10(11-7)12-9(13)6-14-8/h4-5H,2-3,6H2,1H3,(H,11,12,13)/p+1. The number of quaternary nitrogens is 1. The van der Waals surface area contributed by atoms with Gasteiger partial charge >= 0.3 is 5.91 Å². The third-order valence-corrected chi connectivity index (χ3v) is 3.20. The van der Waals surface area contributed by atoms with Crippen molar-refractivity contribution in [2.24, 2.45) is 0 Å². The molecular weight excluding hydrogens is 196 g/mol. The summed E-state index contributed by atoms with van der Waals surface area (Å²) in [6, 6.07) is 4.12. The summed E-state index contributed by atoms with van der Waals surface area (Å²) in [7, 11) is 0. The third-order valence-electron chi connectivity index (χ3n) is 2.12. The van der Waals surface area contributed by atoms with Gasteiger partial charge in [0, 0.05) is 5.69 Å². The van der Waals surface area contributed by atoms with E-state index in [1.807, 2.05) is 0 Å². The van der Waals surface area contributed by atoms with Crippen LogP contribution in [0.5, 0.6) is 0 Å². The molecule has 1 aromatic heterocycles. The molecule has 2 N–H and O–H groups in total. The molecule has 1 aliphatic heterocycles. The van der Waals surface area contributed by atoms with Crippen LogP contribution < -0.4 is 5.32 Å². The number of hydrogen-bond acceptors (Lipinski definition) is 3. The average Bonchev–Trinajstić information content (AvgIpc) is 2.17. The highest BCUT2D eigenvalue weighted by Crippen LogP contribution is 2.25. The lowest BCUT2D eigenvalue weighted by Gasteiger charge is -2.10. The number of pyridine rings is 1. The van der Waals surface area contributed by atoms with E-state index in [0.717, 1.165) is 29.2 Å². The second kappa shape index (κ2) is 4.11. The number of nitrogens with zero attached hydrogens (tertiary/aromatic N) is 1. The number of primary amides is 1. The lowest BCUT2D eigenvalue weighted by molar-refractivity contribution is -0.488. The van der Waals surface area contributed by atoms with Crippen LogP contribution in [-0.2, 0) is 11.2 Å². The van der Waals surface area contributed by atoms with Gasteiger partial charge in [-0.05, 0) is 18.6 Å². The number of hydrogen-bond donors (Lipinski definition) is 1. The van der Waals surface area contributed by atoms with Crippen molar-refractivity contribution < 1.29 is 10.1 Å². The maximum atomic E-state index is 11.2. The highest BCUT2D eigenvalue weighted by Gasteiger charge is 2.21. The second-order valence-corrected chi connectivity index (χ2v) is 4.35. The predicted octanol–water partition coefficient (Wildman–Crippen LogP) is 0.861. The molecule has 2 rings (SSSR count). The smallest absolute Gasteiger partial charge is 0.233 e. The lowest BCUT2D eigenvalue weighted by Crippen LogP contribution is -2.84. The summed E-state index contributed by atoms with van der Waals surface area (Å²) in [4.78, 5) is 16.8. The molecule has 0 radical (unpaired) electrons. The number of carbonyl (C=O) groups is 1. The Morgan fingerprint density at radius 1 is 1.57 bits per heavy atom. The lowest BCUT2D eigenvalue weighted by atomic mass is 10.2. The van der Waals surface area contributed by atoms with E-state index >= 15 is 0 Å². The van der Waals surface area contributed by atoms with Crippen molar-refractivity contribution in [1.82, 2.24) is 4.98 Å². The molecule has 0 saturated heterocycles. The molecule has 0 bridgehead atoms. The summed E-state index contributed by atoms with van der Waals surface area (Å²) in [5.74, 6) is 1.59. The Bertz CT molecular complexity index is 365. The van der Waals surface area contributed by atoms with Crippen molar-refractivity contribution in [1.29, 1.82) is 0 Å². The molecule has 2 heterocycles. The fourth-order valence-electron chi connectivity index (χ4n) is 1.47. The number of thioether (sulfide) groups is 1. The molecule has 4 heteroatoms. The van der Waals surface area contributed by atoms with Crippen molar-refractivity contribution in [3.05, 3.63) is 17.8 Å². The first-order chi connectivity index (χ1) is 6.79. The van der Waals surface area contributed by atoms with E-state index in [-0.39, 0.29) is 5.91 Å². The van der Waals surface area contributed by atoms with Gasteiger partial charge in [-0.1, -0.05) is 13.3 Å². The van der Waals surface area contributed by atoms with Gasteiger partial charge in [0.2, 0.25) is 5.82 Å². The number of carbonyl (C=O) groups excluding carboxylic acids is 1. The first kappa shape index (κ1) is 9.68. The summed E-state index contributed by atoms with van der Waals surface area (Å²) < 4.78 is 0. The minimum atomic E-state index is 0.170. The molecular formula is C10H13N2OS+. The molecule has 0 atom stereocenters. The molecule has 14 heavy (non-hydrogen) atoms.